The summed E-state index contributed by atoms with van der Waals surface area (Å²) in [6.45, 7) is 0. The van der Waals surface area contributed by atoms with Crippen molar-refractivity contribution in [2.24, 2.45) is 5.18 Å². The summed E-state index contributed by atoms with van der Waals surface area (Å²) >= 11 is 5.63. The molecule has 23 heavy (non-hydrogen) atoms. The quantitative estimate of drug-likeness (QED) is 0.485. The highest BCUT2D eigenvalue weighted by molar-refractivity contribution is 6.20. The Balaban J connectivity index is 2.08. The maximum Gasteiger partial charge on any atom is 0.416 e. The maximum absolute atomic E-state index is 12.5. The lowest BCUT2D eigenvalue weighted by molar-refractivity contribution is -0.137. The number of anilines is 1. The van der Waals surface area contributed by atoms with Crippen LogP contribution in [0.2, 0.25) is 0 Å². The van der Waals surface area contributed by atoms with Crippen molar-refractivity contribution < 1.29 is 18.0 Å². The summed E-state index contributed by atoms with van der Waals surface area (Å²) in [5.74, 6) is -0.499. The average Bonchev–Trinajstić information content (AvgIpc) is 2.54. The Hall–Kier alpha value is -2.41. The second-order valence-electron chi connectivity index (χ2n) is 4.59. The van der Waals surface area contributed by atoms with E-state index in [0.717, 1.165) is 12.1 Å². The van der Waals surface area contributed by atoms with Crippen LogP contribution in [0.15, 0.2) is 53.7 Å². The van der Waals surface area contributed by atoms with E-state index in [1.165, 1.54) is 36.4 Å². The topological polar surface area (TPSA) is 58.5 Å². The smallest absolute Gasteiger partial charge is 0.322 e. The van der Waals surface area contributed by atoms with Crippen molar-refractivity contribution in [1.29, 1.82) is 0 Å². The van der Waals surface area contributed by atoms with E-state index in [-0.39, 0.29) is 11.3 Å². The van der Waals surface area contributed by atoms with Gasteiger partial charge in [-0.2, -0.15) is 13.2 Å². The molecule has 2 rings (SSSR count). The summed E-state index contributed by atoms with van der Waals surface area (Å²) in [7, 11) is 0. The summed E-state index contributed by atoms with van der Waals surface area (Å²) in [5, 5.41) is 5.13. The lowest BCUT2D eigenvalue weighted by Gasteiger charge is -2.09. The van der Waals surface area contributed by atoms with Gasteiger partial charge in [-0.25, -0.2) is 0 Å². The molecule has 1 atom stereocenters. The van der Waals surface area contributed by atoms with Gasteiger partial charge in [0.2, 0.25) is 0 Å². The lowest BCUT2D eigenvalue weighted by Crippen LogP contribution is -2.12. The molecule has 4 nitrogen and oxygen atoms in total. The molecule has 2 aromatic rings. The van der Waals surface area contributed by atoms with Crippen LogP contribution in [0.25, 0.3) is 0 Å². The molecular formula is C15H10ClF3N2O2. The summed E-state index contributed by atoms with van der Waals surface area (Å²) in [5.41, 5.74) is -0.899. The Morgan fingerprint density at radius 2 is 1.61 bits per heavy atom. The van der Waals surface area contributed by atoms with Gasteiger partial charge in [0.1, 0.15) is 0 Å². The van der Waals surface area contributed by atoms with Crippen LogP contribution in [-0.2, 0) is 6.18 Å². The highest BCUT2D eigenvalue weighted by atomic mass is 35.5. The molecule has 2 aromatic carbocycles. The molecule has 0 bridgehead atoms. The molecular weight excluding hydrogens is 333 g/mol. The second-order valence-corrected chi connectivity index (χ2v) is 5.01. The van der Waals surface area contributed by atoms with Crippen LogP contribution in [0.1, 0.15) is 27.0 Å². The Bertz CT molecular complexity index is 700. The summed E-state index contributed by atoms with van der Waals surface area (Å²) in [6, 6.07) is 9.92. The fourth-order valence-corrected chi connectivity index (χ4v) is 1.95. The first-order chi connectivity index (χ1) is 10.8. The molecule has 1 N–H and O–H groups in total. The Morgan fingerprint density at radius 1 is 1.04 bits per heavy atom. The third-order valence-electron chi connectivity index (χ3n) is 3.01. The predicted octanol–water partition coefficient (Wildman–Crippen LogP) is 4.96. The van der Waals surface area contributed by atoms with Crippen LogP contribution in [0.5, 0.6) is 0 Å². The van der Waals surface area contributed by atoms with Crippen LogP contribution in [-0.4, -0.2) is 5.91 Å². The van der Waals surface area contributed by atoms with Crippen molar-refractivity contribution >= 4 is 23.2 Å². The molecule has 0 aromatic heterocycles. The molecule has 0 saturated carbocycles. The van der Waals surface area contributed by atoms with Crippen molar-refractivity contribution in [3.05, 3.63) is 70.1 Å². The number of carbonyl (C=O) groups is 1. The standard InChI is InChI=1S/C15H10ClF3N2O2/c16-13(21-23)9-1-3-10(4-2-9)14(22)20-12-7-5-11(6-8-12)15(17,18)19/h1-8,13H,(H,20,22). The van der Waals surface area contributed by atoms with Crippen LogP contribution < -0.4 is 5.32 Å². The molecule has 0 aliphatic rings. The van der Waals surface area contributed by atoms with Gasteiger partial charge < -0.3 is 5.32 Å². The second kappa shape index (κ2) is 6.78. The zero-order chi connectivity index (χ0) is 17.0. The largest absolute Gasteiger partial charge is 0.416 e. The number of halogens is 4. The Morgan fingerprint density at radius 3 is 2.09 bits per heavy atom. The Labute approximate surface area is 134 Å². The number of alkyl halides is 4. The van der Waals surface area contributed by atoms with Crippen LogP contribution in [0.3, 0.4) is 0 Å². The minimum Gasteiger partial charge on any atom is -0.322 e. The fourth-order valence-electron chi connectivity index (χ4n) is 1.80. The van der Waals surface area contributed by atoms with Crippen molar-refractivity contribution in [1.82, 2.24) is 0 Å². The number of nitrogens with zero attached hydrogens (tertiary/aromatic N) is 1. The molecule has 0 fully saturated rings. The highest BCUT2D eigenvalue weighted by Crippen LogP contribution is 2.30. The molecule has 120 valence electrons. The monoisotopic (exact) mass is 342 g/mol. The van der Waals surface area contributed by atoms with Crippen LogP contribution in [0, 0.1) is 4.91 Å². The molecule has 0 aliphatic heterocycles. The number of carbonyl (C=O) groups excluding carboxylic acids is 1. The molecule has 0 aliphatic carbocycles. The normalized spacial score (nSPS) is 12.5. The van der Waals surface area contributed by atoms with E-state index in [9.17, 15) is 22.9 Å². The first-order valence-corrected chi connectivity index (χ1v) is 6.80. The van der Waals surface area contributed by atoms with Gasteiger partial charge in [-0.15, -0.1) is 4.91 Å². The molecule has 1 amide bonds. The average molecular weight is 343 g/mol. The van der Waals surface area contributed by atoms with Crippen LogP contribution >= 0.6 is 11.6 Å². The van der Waals surface area contributed by atoms with Gasteiger partial charge >= 0.3 is 6.18 Å². The van der Waals surface area contributed by atoms with E-state index in [0.29, 0.717) is 5.56 Å². The molecule has 0 spiro atoms. The van der Waals surface area contributed by atoms with E-state index in [1.807, 2.05) is 0 Å². The van der Waals surface area contributed by atoms with Gasteiger partial charge in [0, 0.05) is 11.3 Å². The van der Waals surface area contributed by atoms with Crippen molar-refractivity contribution in [3.8, 4) is 0 Å². The molecule has 0 saturated heterocycles. The number of benzene rings is 2. The van der Waals surface area contributed by atoms with Crippen LogP contribution in [0.4, 0.5) is 18.9 Å². The number of rotatable bonds is 4. The number of nitrogens with one attached hydrogen (secondary N) is 1. The van der Waals surface area contributed by atoms with Gasteiger partial charge in [-0.1, -0.05) is 23.7 Å². The van der Waals surface area contributed by atoms with E-state index in [2.05, 4.69) is 10.5 Å². The number of hydrogen-bond acceptors (Lipinski definition) is 3. The minimum absolute atomic E-state index is 0.233. The lowest BCUT2D eigenvalue weighted by atomic mass is 10.1. The van der Waals surface area contributed by atoms with E-state index < -0.39 is 23.1 Å². The molecule has 0 radical (unpaired) electrons. The van der Waals surface area contributed by atoms with Gasteiger partial charge in [0.15, 0.2) is 5.50 Å². The fraction of sp³-hybridized carbons (Fsp3) is 0.133. The maximum atomic E-state index is 12.5. The SMILES string of the molecule is O=NC(Cl)c1ccc(C(=O)Nc2ccc(C(F)(F)F)cc2)cc1. The Kier molecular flexibility index (Phi) is 5.00. The number of hydrogen-bond donors (Lipinski definition) is 1. The van der Waals surface area contributed by atoms with E-state index in [1.54, 1.807) is 0 Å². The highest BCUT2D eigenvalue weighted by Gasteiger charge is 2.29. The van der Waals surface area contributed by atoms with Gasteiger partial charge in [-0.05, 0) is 47.1 Å². The summed E-state index contributed by atoms with van der Waals surface area (Å²) in [4.78, 5) is 22.3. The first kappa shape index (κ1) is 17.0. The zero-order valence-corrected chi connectivity index (χ0v) is 12.2. The predicted molar refractivity (Wildman–Crippen MR) is 80.2 cm³/mol. The van der Waals surface area contributed by atoms with Gasteiger partial charge in [0.05, 0.1) is 5.56 Å². The molecule has 8 heteroatoms. The summed E-state index contributed by atoms with van der Waals surface area (Å²) < 4.78 is 37.4. The number of amides is 1. The zero-order valence-electron chi connectivity index (χ0n) is 11.5. The van der Waals surface area contributed by atoms with Crippen molar-refractivity contribution in [3.63, 3.8) is 0 Å². The number of nitroso groups, excluding NO2 is 1. The van der Waals surface area contributed by atoms with E-state index >= 15 is 0 Å². The third-order valence-corrected chi connectivity index (χ3v) is 3.34. The molecule has 0 heterocycles. The first-order valence-electron chi connectivity index (χ1n) is 6.36. The van der Waals surface area contributed by atoms with Gasteiger partial charge in [0.25, 0.3) is 5.91 Å². The minimum atomic E-state index is -4.43. The van der Waals surface area contributed by atoms with Gasteiger partial charge in [-0.3, -0.25) is 4.79 Å². The van der Waals surface area contributed by atoms with Crippen molar-refractivity contribution in [2.45, 2.75) is 11.7 Å². The van der Waals surface area contributed by atoms with Crippen molar-refractivity contribution in [2.75, 3.05) is 5.32 Å². The van der Waals surface area contributed by atoms with E-state index in [4.69, 9.17) is 11.6 Å². The molecule has 1 unspecified atom stereocenters. The third kappa shape index (κ3) is 4.29. The summed E-state index contributed by atoms with van der Waals surface area (Å²) in [6.07, 6.45) is -4.43.